The van der Waals surface area contributed by atoms with E-state index in [1.807, 2.05) is 27.7 Å². The van der Waals surface area contributed by atoms with Gasteiger partial charge in [0, 0.05) is 13.1 Å². The van der Waals surface area contributed by atoms with Gasteiger partial charge in [0.2, 0.25) is 5.91 Å². The Labute approximate surface area is 125 Å². The molecule has 106 valence electrons. The first-order valence-electron chi connectivity index (χ1n) is 5.96. The maximum Gasteiger partial charge on any atom is 0.318 e. The molecule has 1 amide bonds. The number of nitrogens with zero attached hydrogens (tertiary/aromatic N) is 1. The molecule has 1 N–H and O–H groups in total. The Hall–Kier alpha value is -0.100. The van der Waals surface area contributed by atoms with E-state index in [1.54, 1.807) is 4.90 Å². The molecule has 0 aromatic heterocycles. The van der Waals surface area contributed by atoms with Crippen LogP contribution in [0.2, 0.25) is 0 Å². The lowest BCUT2D eigenvalue weighted by molar-refractivity contribution is -0.139. The molecule has 0 spiro atoms. The van der Waals surface area contributed by atoms with E-state index in [0.29, 0.717) is 24.9 Å². The van der Waals surface area contributed by atoms with Crippen molar-refractivity contribution >= 4 is 43.7 Å². The second-order valence-electron chi connectivity index (χ2n) is 5.17. The fourth-order valence-electron chi connectivity index (χ4n) is 1.56. The third-order valence-corrected chi connectivity index (χ3v) is 4.76. The van der Waals surface area contributed by atoms with Gasteiger partial charge in [-0.1, -0.05) is 59.6 Å². The van der Waals surface area contributed by atoms with Crippen molar-refractivity contribution in [2.75, 3.05) is 13.1 Å². The van der Waals surface area contributed by atoms with E-state index in [4.69, 9.17) is 5.11 Å². The Morgan fingerprint density at radius 2 is 1.39 bits per heavy atom. The summed E-state index contributed by atoms with van der Waals surface area (Å²) >= 11 is 6.19. The van der Waals surface area contributed by atoms with Crippen LogP contribution in [0.5, 0.6) is 0 Å². The summed E-state index contributed by atoms with van der Waals surface area (Å²) in [6.07, 6.45) is 0. The molecule has 0 aromatic rings. The molecule has 6 heteroatoms. The highest BCUT2D eigenvalue weighted by atomic mass is 79.9. The molecule has 2 atom stereocenters. The van der Waals surface area contributed by atoms with Crippen molar-refractivity contribution in [2.24, 2.45) is 11.8 Å². The van der Waals surface area contributed by atoms with Crippen molar-refractivity contribution in [2.45, 2.75) is 37.3 Å². The summed E-state index contributed by atoms with van der Waals surface area (Å²) in [6, 6.07) is 0. The smallest absolute Gasteiger partial charge is 0.318 e. The molecule has 0 saturated heterocycles. The Morgan fingerprint density at radius 1 is 1.00 bits per heavy atom. The zero-order valence-electron chi connectivity index (χ0n) is 11.2. The van der Waals surface area contributed by atoms with E-state index in [1.165, 1.54) is 0 Å². The van der Waals surface area contributed by atoms with Crippen LogP contribution in [0.3, 0.4) is 0 Å². The van der Waals surface area contributed by atoms with Gasteiger partial charge < -0.3 is 10.0 Å². The van der Waals surface area contributed by atoms with Crippen molar-refractivity contribution in [1.82, 2.24) is 4.90 Å². The summed E-state index contributed by atoms with van der Waals surface area (Å²) < 4.78 is 0. The molecule has 0 heterocycles. The van der Waals surface area contributed by atoms with Gasteiger partial charge in [-0.25, -0.2) is 0 Å². The van der Waals surface area contributed by atoms with Gasteiger partial charge in [0.15, 0.2) is 0 Å². The number of hydrogen-bond acceptors (Lipinski definition) is 2. The Kier molecular flexibility index (Phi) is 8.10. The summed E-state index contributed by atoms with van der Waals surface area (Å²) in [4.78, 5) is 23.2. The third kappa shape index (κ3) is 6.18. The lowest BCUT2D eigenvalue weighted by Gasteiger charge is -2.29. The maximum atomic E-state index is 12.2. The van der Waals surface area contributed by atoms with Crippen LogP contribution in [0.4, 0.5) is 0 Å². The molecule has 0 radical (unpaired) electrons. The van der Waals surface area contributed by atoms with Crippen LogP contribution < -0.4 is 0 Å². The minimum atomic E-state index is -1.04. The Bertz CT molecular complexity index is 285. The molecule has 18 heavy (non-hydrogen) atoms. The largest absolute Gasteiger partial charge is 0.480 e. The normalized spacial score (nSPS) is 14.7. The van der Waals surface area contributed by atoms with Gasteiger partial charge in [-0.2, -0.15) is 0 Å². The zero-order valence-corrected chi connectivity index (χ0v) is 14.4. The van der Waals surface area contributed by atoms with Gasteiger partial charge in [0.25, 0.3) is 0 Å². The minimum absolute atomic E-state index is 0.179. The second-order valence-corrected chi connectivity index (χ2v) is 7.15. The standard InChI is InChI=1S/C12H21Br2NO3/c1-7(2)5-15(6-8(3)4)11(16)9(13)10(14)12(17)18/h7-10H,5-6H2,1-4H3,(H,17,18)/t9-,10-/m1/s1. The van der Waals surface area contributed by atoms with Crippen LogP contribution in [0, 0.1) is 11.8 Å². The quantitative estimate of drug-likeness (QED) is 0.684. The summed E-state index contributed by atoms with van der Waals surface area (Å²) in [5.41, 5.74) is 0. The summed E-state index contributed by atoms with van der Waals surface area (Å²) in [7, 11) is 0. The van der Waals surface area contributed by atoms with Gasteiger partial charge in [0.1, 0.15) is 9.65 Å². The lowest BCUT2D eigenvalue weighted by atomic mass is 10.1. The lowest BCUT2D eigenvalue weighted by Crippen LogP contribution is -2.45. The minimum Gasteiger partial charge on any atom is -0.480 e. The third-order valence-electron chi connectivity index (χ3n) is 2.21. The van der Waals surface area contributed by atoms with Crippen LogP contribution in [-0.4, -0.2) is 44.6 Å². The molecule has 0 saturated carbocycles. The highest BCUT2D eigenvalue weighted by molar-refractivity contribution is 9.12. The average molecular weight is 387 g/mol. The SMILES string of the molecule is CC(C)CN(CC(C)C)C(=O)[C@H](Br)[C@@H](Br)C(=O)O. The zero-order chi connectivity index (χ0) is 14.5. The summed E-state index contributed by atoms with van der Waals surface area (Å²) in [5.74, 6) is -0.516. The second kappa shape index (κ2) is 8.15. The number of carboxylic acids is 1. The number of carboxylic acid groups (broad SMARTS) is 1. The first-order valence-corrected chi connectivity index (χ1v) is 7.79. The van der Waals surface area contributed by atoms with E-state index in [-0.39, 0.29) is 5.91 Å². The number of halogens is 2. The van der Waals surface area contributed by atoms with E-state index in [9.17, 15) is 9.59 Å². The predicted octanol–water partition coefficient (Wildman–Crippen LogP) is 2.74. The maximum absolute atomic E-state index is 12.2. The molecule has 0 bridgehead atoms. The highest BCUT2D eigenvalue weighted by Crippen LogP contribution is 2.19. The Morgan fingerprint density at radius 3 is 1.67 bits per heavy atom. The predicted molar refractivity (Wildman–Crippen MR) is 79.3 cm³/mol. The van der Waals surface area contributed by atoms with Gasteiger partial charge >= 0.3 is 5.97 Å². The molecule has 0 aliphatic carbocycles. The molecule has 0 aromatic carbocycles. The van der Waals surface area contributed by atoms with E-state index < -0.39 is 15.6 Å². The molecular weight excluding hydrogens is 366 g/mol. The first kappa shape index (κ1) is 17.9. The van der Waals surface area contributed by atoms with Gasteiger partial charge in [-0.05, 0) is 11.8 Å². The van der Waals surface area contributed by atoms with Crippen LogP contribution in [0.25, 0.3) is 0 Å². The van der Waals surface area contributed by atoms with Crippen LogP contribution in [0.1, 0.15) is 27.7 Å². The van der Waals surface area contributed by atoms with Crippen LogP contribution in [0.15, 0.2) is 0 Å². The number of hydrogen-bond donors (Lipinski definition) is 1. The molecule has 0 rings (SSSR count). The van der Waals surface area contributed by atoms with Gasteiger partial charge in [0.05, 0.1) is 0 Å². The number of alkyl halides is 2. The fourth-order valence-corrected chi connectivity index (χ4v) is 2.30. The topological polar surface area (TPSA) is 57.6 Å². The van der Waals surface area contributed by atoms with Gasteiger partial charge in [-0.15, -0.1) is 0 Å². The molecule has 0 aliphatic heterocycles. The molecule has 0 aliphatic rings. The number of amides is 1. The van der Waals surface area contributed by atoms with E-state index in [0.717, 1.165) is 0 Å². The van der Waals surface area contributed by atoms with Crippen molar-refractivity contribution in [3.63, 3.8) is 0 Å². The molecule has 0 unspecified atom stereocenters. The van der Waals surface area contributed by atoms with E-state index in [2.05, 4.69) is 31.9 Å². The monoisotopic (exact) mass is 385 g/mol. The van der Waals surface area contributed by atoms with Crippen LogP contribution in [-0.2, 0) is 9.59 Å². The first-order chi connectivity index (χ1) is 8.16. The molecule has 0 fully saturated rings. The average Bonchev–Trinajstić information content (AvgIpc) is 2.23. The molecule has 4 nitrogen and oxygen atoms in total. The number of carbonyl (C=O) groups excluding carboxylic acids is 1. The van der Waals surface area contributed by atoms with Crippen LogP contribution >= 0.6 is 31.9 Å². The number of aliphatic carboxylic acids is 1. The van der Waals surface area contributed by atoms with Crippen molar-refractivity contribution in [3.8, 4) is 0 Å². The number of rotatable bonds is 7. The summed E-state index contributed by atoms with van der Waals surface area (Å²) in [6.45, 7) is 9.41. The number of carbonyl (C=O) groups is 2. The van der Waals surface area contributed by atoms with Gasteiger partial charge in [-0.3, -0.25) is 9.59 Å². The summed E-state index contributed by atoms with van der Waals surface area (Å²) in [5, 5.41) is 8.90. The van der Waals surface area contributed by atoms with Crippen molar-refractivity contribution in [3.05, 3.63) is 0 Å². The Balaban J connectivity index is 4.77. The molecular formula is C12H21Br2NO3. The van der Waals surface area contributed by atoms with Crippen molar-refractivity contribution < 1.29 is 14.7 Å². The fraction of sp³-hybridized carbons (Fsp3) is 0.833. The van der Waals surface area contributed by atoms with Crippen molar-refractivity contribution in [1.29, 1.82) is 0 Å². The van der Waals surface area contributed by atoms with E-state index >= 15 is 0 Å². The highest BCUT2D eigenvalue weighted by Gasteiger charge is 2.32.